The van der Waals surface area contributed by atoms with Crippen molar-refractivity contribution in [1.29, 1.82) is 0 Å². The average molecular weight is 278 g/mol. The summed E-state index contributed by atoms with van der Waals surface area (Å²) >= 11 is 0. The van der Waals surface area contributed by atoms with Crippen molar-refractivity contribution in [3.8, 4) is 0 Å². The van der Waals surface area contributed by atoms with E-state index in [0.29, 0.717) is 18.7 Å². The van der Waals surface area contributed by atoms with E-state index in [2.05, 4.69) is 11.8 Å². The smallest absolute Gasteiger partial charge is 0.236 e. The highest BCUT2D eigenvalue weighted by Crippen LogP contribution is 2.16. The van der Waals surface area contributed by atoms with Gasteiger partial charge in [0.2, 0.25) is 5.91 Å². The number of piperidine rings is 1. The van der Waals surface area contributed by atoms with Crippen LogP contribution in [0.1, 0.15) is 25.3 Å². The number of hydrogen-bond acceptors (Lipinski definition) is 2. The lowest BCUT2D eigenvalue weighted by atomic mass is 9.99. The molecule has 1 aliphatic heterocycles. The number of carbonyl (C=O) groups excluding carboxylic acids is 1. The zero-order chi connectivity index (χ0) is 14.5. The Labute approximate surface area is 120 Å². The van der Waals surface area contributed by atoms with Crippen molar-refractivity contribution < 1.29 is 9.18 Å². The van der Waals surface area contributed by atoms with Crippen molar-refractivity contribution in [3.63, 3.8) is 0 Å². The molecule has 1 saturated heterocycles. The van der Waals surface area contributed by atoms with Gasteiger partial charge < -0.3 is 4.90 Å². The summed E-state index contributed by atoms with van der Waals surface area (Å²) < 4.78 is 13.6. The van der Waals surface area contributed by atoms with Gasteiger partial charge in [0.1, 0.15) is 5.82 Å². The molecule has 1 fully saturated rings. The molecule has 1 aromatic carbocycles. The van der Waals surface area contributed by atoms with Crippen molar-refractivity contribution in [3.05, 3.63) is 35.6 Å². The van der Waals surface area contributed by atoms with Crippen LogP contribution in [0.5, 0.6) is 0 Å². The Morgan fingerprint density at radius 2 is 2.00 bits per heavy atom. The molecular weight excluding hydrogens is 255 g/mol. The third-order valence-corrected chi connectivity index (χ3v) is 4.03. The Hall–Kier alpha value is -1.42. The summed E-state index contributed by atoms with van der Waals surface area (Å²) in [5.74, 6) is 0.569. The molecule has 0 radical (unpaired) electrons. The number of hydrogen-bond donors (Lipinski definition) is 0. The number of benzene rings is 1. The standard InChI is InChI=1S/C16H23FN2O/c1-13-7-9-19(10-8-13)12-16(20)18(2)11-14-5-3-4-6-15(14)17/h3-6,13H,7-12H2,1-2H3. The first-order valence-corrected chi connectivity index (χ1v) is 7.26. The Balaban J connectivity index is 1.84. The van der Waals surface area contributed by atoms with Crippen LogP contribution >= 0.6 is 0 Å². The molecule has 3 nitrogen and oxygen atoms in total. The maximum atomic E-state index is 13.6. The molecule has 4 heteroatoms. The zero-order valence-electron chi connectivity index (χ0n) is 12.3. The van der Waals surface area contributed by atoms with E-state index in [1.54, 1.807) is 30.1 Å². The van der Waals surface area contributed by atoms with Crippen LogP contribution in [0.4, 0.5) is 4.39 Å². The Morgan fingerprint density at radius 3 is 2.65 bits per heavy atom. The minimum Gasteiger partial charge on any atom is -0.340 e. The number of likely N-dealkylation sites (tertiary alicyclic amines) is 1. The number of rotatable bonds is 4. The van der Waals surface area contributed by atoms with Gasteiger partial charge >= 0.3 is 0 Å². The summed E-state index contributed by atoms with van der Waals surface area (Å²) in [6.07, 6.45) is 2.31. The number of likely N-dealkylation sites (N-methyl/N-ethyl adjacent to an activating group) is 1. The fourth-order valence-electron chi connectivity index (χ4n) is 2.50. The molecule has 110 valence electrons. The first-order valence-electron chi connectivity index (χ1n) is 7.26. The maximum absolute atomic E-state index is 13.6. The van der Waals surface area contributed by atoms with Gasteiger partial charge in [0.25, 0.3) is 0 Å². The number of amides is 1. The predicted molar refractivity (Wildman–Crippen MR) is 77.7 cm³/mol. The molecule has 0 atom stereocenters. The van der Waals surface area contributed by atoms with Crippen LogP contribution in [0, 0.1) is 11.7 Å². The van der Waals surface area contributed by atoms with Crippen molar-refractivity contribution in [1.82, 2.24) is 9.80 Å². The van der Waals surface area contributed by atoms with Crippen molar-refractivity contribution >= 4 is 5.91 Å². The lowest BCUT2D eigenvalue weighted by Gasteiger charge is -2.31. The molecular formula is C16H23FN2O. The third-order valence-electron chi connectivity index (χ3n) is 4.03. The highest BCUT2D eigenvalue weighted by Gasteiger charge is 2.20. The topological polar surface area (TPSA) is 23.6 Å². The van der Waals surface area contributed by atoms with Crippen molar-refractivity contribution in [2.24, 2.45) is 5.92 Å². The van der Waals surface area contributed by atoms with Gasteiger partial charge in [-0.05, 0) is 37.9 Å². The summed E-state index contributed by atoms with van der Waals surface area (Å²) in [4.78, 5) is 16.0. The van der Waals surface area contributed by atoms with E-state index in [0.717, 1.165) is 31.8 Å². The van der Waals surface area contributed by atoms with Gasteiger partial charge in [-0.25, -0.2) is 4.39 Å². The summed E-state index contributed by atoms with van der Waals surface area (Å²) in [6.45, 7) is 5.00. The SMILES string of the molecule is CC1CCN(CC(=O)N(C)Cc2ccccc2F)CC1. The third kappa shape index (κ3) is 4.04. The van der Waals surface area contributed by atoms with E-state index >= 15 is 0 Å². The quantitative estimate of drug-likeness (QED) is 0.845. The molecule has 0 unspecified atom stereocenters. The highest BCUT2D eigenvalue weighted by molar-refractivity contribution is 5.78. The van der Waals surface area contributed by atoms with E-state index in [4.69, 9.17) is 0 Å². The normalized spacial score (nSPS) is 17.1. The Kier molecular flexibility index (Phi) is 5.12. The predicted octanol–water partition coefficient (Wildman–Crippen LogP) is 2.52. The molecule has 1 amide bonds. The molecule has 1 heterocycles. The van der Waals surface area contributed by atoms with Crippen molar-refractivity contribution in [2.45, 2.75) is 26.3 Å². The van der Waals surface area contributed by atoms with E-state index in [1.807, 2.05) is 0 Å². The second-order valence-electron chi connectivity index (χ2n) is 5.80. The van der Waals surface area contributed by atoms with Gasteiger partial charge in [-0.3, -0.25) is 9.69 Å². The molecule has 1 aromatic rings. The van der Waals surface area contributed by atoms with Crippen LogP contribution < -0.4 is 0 Å². The Bertz CT molecular complexity index is 456. The van der Waals surface area contributed by atoms with E-state index in [9.17, 15) is 9.18 Å². The second kappa shape index (κ2) is 6.84. The number of nitrogens with zero attached hydrogens (tertiary/aromatic N) is 2. The van der Waals surface area contributed by atoms with Gasteiger partial charge in [-0.15, -0.1) is 0 Å². The van der Waals surface area contributed by atoms with Crippen LogP contribution in [-0.4, -0.2) is 42.4 Å². The highest BCUT2D eigenvalue weighted by atomic mass is 19.1. The second-order valence-corrected chi connectivity index (χ2v) is 5.80. The van der Waals surface area contributed by atoms with E-state index in [1.165, 1.54) is 6.07 Å². The lowest BCUT2D eigenvalue weighted by Crippen LogP contribution is -2.41. The first-order chi connectivity index (χ1) is 9.56. The van der Waals surface area contributed by atoms with Crippen LogP contribution in [0.15, 0.2) is 24.3 Å². The fraction of sp³-hybridized carbons (Fsp3) is 0.562. The number of carbonyl (C=O) groups is 1. The van der Waals surface area contributed by atoms with Gasteiger partial charge in [-0.1, -0.05) is 25.1 Å². The zero-order valence-corrected chi connectivity index (χ0v) is 12.3. The van der Waals surface area contributed by atoms with Gasteiger partial charge in [-0.2, -0.15) is 0 Å². The maximum Gasteiger partial charge on any atom is 0.236 e. The Morgan fingerprint density at radius 1 is 1.35 bits per heavy atom. The summed E-state index contributed by atoms with van der Waals surface area (Å²) in [5.41, 5.74) is 0.565. The molecule has 2 rings (SSSR count). The van der Waals surface area contributed by atoms with Crippen LogP contribution in [0.3, 0.4) is 0 Å². The molecule has 0 N–H and O–H groups in total. The largest absolute Gasteiger partial charge is 0.340 e. The summed E-state index contributed by atoms with van der Waals surface area (Å²) in [7, 11) is 1.74. The first kappa shape index (κ1) is 15.0. The summed E-state index contributed by atoms with van der Waals surface area (Å²) in [5, 5.41) is 0. The van der Waals surface area contributed by atoms with Crippen LogP contribution in [0.25, 0.3) is 0 Å². The van der Waals surface area contributed by atoms with Crippen LogP contribution in [0.2, 0.25) is 0 Å². The van der Waals surface area contributed by atoms with E-state index in [-0.39, 0.29) is 11.7 Å². The van der Waals surface area contributed by atoms with Crippen LogP contribution in [-0.2, 0) is 11.3 Å². The molecule has 0 aromatic heterocycles. The molecule has 1 aliphatic rings. The molecule has 20 heavy (non-hydrogen) atoms. The minimum absolute atomic E-state index is 0.0582. The number of halogens is 1. The molecule has 0 aliphatic carbocycles. The van der Waals surface area contributed by atoms with Gasteiger partial charge in [0, 0.05) is 19.2 Å². The average Bonchev–Trinajstić information content (AvgIpc) is 2.44. The fourth-order valence-corrected chi connectivity index (χ4v) is 2.50. The molecule has 0 bridgehead atoms. The lowest BCUT2D eigenvalue weighted by molar-refractivity contribution is -0.132. The minimum atomic E-state index is -0.251. The van der Waals surface area contributed by atoms with Gasteiger partial charge in [0.15, 0.2) is 0 Å². The van der Waals surface area contributed by atoms with Crippen molar-refractivity contribution in [2.75, 3.05) is 26.7 Å². The van der Waals surface area contributed by atoms with E-state index < -0.39 is 0 Å². The summed E-state index contributed by atoms with van der Waals surface area (Å²) in [6, 6.07) is 6.61. The molecule has 0 spiro atoms. The van der Waals surface area contributed by atoms with Gasteiger partial charge in [0.05, 0.1) is 6.54 Å². The monoisotopic (exact) mass is 278 g/mol. The molecule has 0 saturated carbocycles.